The molecule has 0 bridgehead atoms. The first-order valence-corrected chi connectivity index (χ1v) is 8.62. The zero-order valence-electron chi connectivity index (χ0n) is 13.6. The number of nitrogens with zero attached hydrogens (tertiary/aromatic N) is 3. The molecule has 6 nitrogen and oxygen atoms in total. The average Bonchev–Trinajstić information content (AvgIpc) is 3.07. The normalized spacial score (nSPS) is 16.3. The van der Waals surface area contributed by atoms with E-state index in [4.69, 9.17) is 4.74 Å². The largest absolute Gasteiger partial charge is 0.459 e. The van der Waals surface area contributed by atoms with Gasteiger partial charge in [-0.1, -0.05) is 0 Å². The van der Waals surface area contributed by atoms with Gasteiger partial charge in [0.1, 0.15) is 10.5 Å². The highest BCUT2D eigenvalue weighted by Crippen LogP contribution is 2.24. The molecule has 0 spiro atoms. The van der Waals surface area contributed by atoms with Crippen LogP contribution < -0.4 is 0 Å². The van der Waals surface area contributed by atoms with E-state index in [9.17, 15) is 9.59 Å². The highest BCUT2D eigenvalue weighted by molar-refractivity contribution is 7.16. The number of thiazole rings is 1. The lowest BCUT2D eigenvalue weighted by Gasteiger charge is -2.32. The topological polar surface area (TPSA) is 54.3 Å². The fourth-order valence-electron chi connectivity index (χ4n) is 2.65. The quantitative estimate of drug-likeness (QED) is 0.805. The van der Waals surface area contributed by atoms with Crippen LogP contribution in [0.1, 0.15) is 34.7 Å². The van der Waals surface area contributed by atoms with Crippen molar-refractivity contribution in [2.45, 2.75) is 20.0 Å². The third-order valence-electron chi connectivity index (χ3n) is 3.95. The van der Waals surface area contributed by atoms with E-state index in [0.29, 0.717) is 11.3 Å². The number of aromatic nitrogens is 1. The van der Waals surface area contributed by atoms with Crippen LogP contribution in [0.15, 0.2) is 17.6 Å². The molecule has 0 aliphatic carbocycles. The van der Waals surface area contributed by atoms with E-state index in [1.54, 1.807) is 16.7 Å². The summed E-state index contributed by atoms with van der Waals surface area (Å²) in [5, 5.41) is 1.82. The maximum Gasteiger partial charge on any atom is 0.341 e. The van der Waals surface area contributed by atoms with E-state index in [1.807, 2.05) is 24.1 Å². The Labute approximate surface area is 139 Å². The van der Waals surface area contributed by atoms with Crippen LogP contribution in [0.4, 0.5) is 0 Å². The summed E-state index contributed by atoms with van der Waals surface area (Å²) < 4.78 is 7.05. The van der Waals surface area contributed by atoms with Crippen LogP contribution in [0.5, 0.6) is 0 Å². The molecule has 0 radical (unpaired) electrons. The highest BCUT2D eigenvalue weighted by Gasteiger charge is 2.25. The first-order valence-electron chi connectivity index (χ1n) is 7.74. The minimum Gasteiger partial charge on any atom is -0.459 e. The predicted molar refractivity (Wildman–Crippen MR) is 89.2 cm³/mol. The predicted octanol–water partition coefficient (Wildman–Crippen LogP) is 1.95. The van der Waals surface area contributed by atoms with Gasteiger partial charge in [-0.15, -0.1) is 11.3 Å². The molecule has 23 heavy (non-hydrogen) atoms. The van der Waals surface area contributed by atoms with Crippen LogP contribution in [0.3, 0.4) is 0 Å². The van der Waals surface area contributed by atoms with Gasteiger partial charge in [-0.25, -0.2) is 4.79 Å². The van der Waals surface area contributed by atoms with Gasteiger partial charge in [-0.05, 0) is 27.0 Å². The Morgan fingerprint density at radius 1 is 1.22 bits per heavy atom. The van der Waals surface area contributed by atoms with Crippen LogP contribution in [0.25, 0.3) is 4.83 Å². The first kappa shape index (κ1) is 16.0. The molecule has 0 aromatic carbocycles. The van der Waals surface area contributed by atoms with Gasteiger partial charge in [0.25, 0.3) is 5.91 Å². The molecule has 2 aromatic heterocycles. The summed E-state index contributed by atoms with van der Waals surface area (Å²) >= 11 is 1.40. The molecule has 1 amide bonds. The molecule has 3 rings (SSSR count). The van der Waals surface area contributed by atoms with Crippen molar-refractivity contribution in [2.24, 2.45) is 0 Å². The van der Waals surface area contributed by atoms with E-state index in [2.05, 4.69) is 11.9 Å². The second kappa shape index (κ2) is 6.33. The van der Waals surface area contributed by atoms with Crippen molar-refractivity contribution in [2.75, 3.05) is 33.2 Å². The Kier molecular flexibility index (Phi) is 4.41. The summed E-state index contributed by atoms with van der Waals surface area (Å²) in [4.78, 5) is 29.7. The minimum atomic E-state index is -0.344. The van der Waals surface area contributed by atoms with Crippen LogP contribution in [0, 0.1) is 0 Å². The Morgan fingerprint density at radius 3 is 2.57 bits per heavy atom. The standard InChI is InChI=1S/C16H21N3O3S/c1-11(2)22-16(21)12-4-5-19-13(10-23-15(12)19)14(20)18-8-6-17(3)7-9-18/h4-5,10-11H,6-9H2,1-3H3. The molecule has 2 aromatic rings. The molecule has 1 fully saturated rings. The zero-order valence-corrected chi connectivity index (χ0v) is 14.4. The SMILES string of the molecule is CC(C)OC(=O)c1ccn2c(C(=O)N3CCN(C)CC3)csc12. The smallest absolute Gasteiger partial charge is 0.341 e. The number of hydrogen-bond donors (Lipinski definition) is 0. The molecule has 1 aliphatic heterocycles. The van der Waals surface area contributed by atoms with E-state index in [1.165, 1.54) is 11.3 Å². The second-order valence-corrected chi connectivity index (χ2v) is 6.93. The van der Waals surface area contributed by atoms with Gasteiger partial charge in [-0.2, -0.15) is 0 Å². The van der Waals surface area contributed by atoms with Crippen molar-refractivity contribution in [1.29, 1.82) is 0 Å². The van der Waals surface area contributed by atoms with Crippen molar-refractivity contribution in [3.8, 4) is 0 Å². The molecular weight excluding hydrogens is 314 g/mol. The average molecular weight is 335 g/mol. The van der Waals surface area contributed by atoms with Gasteiger partial charge in [0.05, 0.1) is 11.7 Å². The van der Waals surface area contributed by atoms with Crippen LogP contribution >= 0.6 is 11.3 Å². The Balaban J connectivity index is 1.84. The number of ether oxygens (including phenoxy) is 1. The van der Waals surface area contributed by atoms with Crippen LogP contribution in [-0.4, -0.2) is 65.4 Å². The molecule has 7 heteroatoms. The lowest BCUT2D eigenvalue weighted by atomic mass is 10.3. The molecule has 3 heterocycles. The number of amides is 1. The molecule has 0 N–H and O–H groups in total. The summed E-state index contributed by atoms with van der Waals surface area (Å²) in [6.45, 7) is 6.88. The summed E-state index contributed by atoms with van der Waals surface area (Å²) in [5.74, 6) is -0.327. The van der Waals surface area contributed by atoms with Gasteiger partial charge in [0.15, 0.2) is 0 Å². The molecule has 124 valence electrons. The highest BCUT2D eigenvalue weighted by atomic mass is 32.1. The Morgan fingerprint density at radius 2 is 1.91 bits per heavy atom. The summed E-state index contributed by atoms with van der Waals surface area (Å²) in [5.41, 5.74) is 1.12. The Bertz CT molecular complexity index is 726. The fraction of sp³-hybridized carbons (Fsp3) is 0.500. The molecular formula is C16H21N3O3S. The monoisotopic (exact) mass is 335 g/mol. The number of piperazine rings is 1. The number of carbonyl (C=O) groups excluding carboxylic acids is 2. The van der Waals surface area contributed by atoms with E-state index in [0.717, 1.165) is 31.0 Å². The van der Waals surface area contributed by atoms with Crippen molar-refractivity contribution < 1.29 is 14.3 Å². The zero-order chi connectivity index (χ0) is 16.6. The van der Waals surface area contributed by atoms with E-state index < -0.39 is 0 Å². The number of rotatable bonds is 3. The van der Waals surface area contributed by atoms with Gasteiger partial charge in [-0.3, -0.25) is 4.79 Å². The lowest BCUT2D eigenvalue weighted by molar-refractivity contribution is 0.0380. The molecule has 0 unspecified atom stereocenters. The van der Waals surface area contributed by atoms with E-state index in [-0.39, 0.29) is 18.0 Å². The maximum absolute atomic E-state index is 12.7. The van der Waals surface area contributed by atoms with E-state index >= 15 is 0 Å². The van der Waals surface area contributed by atoms with Crippen LogP contribution in [0.2, 0.25) is 0 Å². The molecule has 0 saturated carbocycles. The first-order chi connectivity index (χ1) is 11.0. The summed E-state index contributed by atoms with van der Waals surface area (Å²) in [6.07, 6.45) is 1.61. The number of carbonyl (C=O) groups is 2. The van der Waals surface area contributed by atoms with Gasteiger partial charge < -0.3 is 18.9 Å². The number of esters is 1. The van der Waals surface area contributed by atoms with Crippen molar-refractivity contribution in [3.63, 3.8) is 0 Å². The van der Waals surface area contributed by atoms with Gasteiger partial charge in [0, 0.05) is 37.8 Å². The second-order valence-electron chi connectivity index (χ2n) is 6.08. The number of fused-ring (bicyclic) bond motifs is 1. The molecule has 1 saturated heterocycles. The van der Waals surface area contributed by atoms with Crippen molar-refractivity contribution in [1.82, 2.24) is 14.2 Å². The Hall–Kier alpha value is -1.86. The maximum atomic E-state index is 12.7. The fourth-order valence-corrected chi connectivity index (χ4v) is 3.64. The summed E-state index contributed by atoms with van der Waals surface area (Å²) in [7, 11) is 2.06. The number of likely N-dealkylation sites (N-methyl/N-ethyl adjacent to an activating group) is 1. The molecule has 0 atom stereocenters. The van der Waals surface area contributed by atoms with Gasteiger partial charge >= 0.3 is 5.97 Å². The molecule has 1 aliphatic rings. The van der Waals surface area contributed by atoms with Crippen molar-refractivity contribution in [3.05, 3.63) is 28.9 Å². The van der Waals surface area contributed by atoms with Gasteiger partial charge in [0.2, 0.25) is 0 Å². The van der Waals surface area contributed by atoms with Crippen molar-refractivity contribution >= 4 is 28.0 Å². The third-order valence-corrected chi connectivity index (χ3v) is 4.93. The summed E-state index contributed by atoms with van der Waals surface area (Å²) in [6, 6.07) is 1.72. The minimum absolute atomic E-state index is 0.0173. The van der Waals surface area contributed by atoms with Crippen LogP contribution in [-0.2, 0) is 4.74 Å². The lowest BCUT2D eigenvalue weighted by Crippen LogP contribution is -2.47. The third kappa shape index (κ3) is 3.11. The number of hydrogen-bond acceptors (Lipinski definition) is 5.